The lowest BCUT2D eigenvalue weighted by atomic mass is 9.91. The van der Waals surface area contributed by atoms with Crippen molar-refractivity contribution in [3.05, 3.63) is 36.0 Å². The number of nitrogens with zero attached hydrogens (tertiary/aromatic N) is 6. The van der Waals surface area contributed by atoms with E-state index in [1.54, 1.807) is 4.90 Å². The zero-order valence-electron chi connectivity index (χ0n) is 19.1. The van der Waals surface area contributed by atoms with Gasteiger partial charge in [0.05, 0.1) is 31.1 Å². The smallest absolute Gasteiger partial charge is 0.378 e. The highest BCUT2D eigenvalue weighted by Gasteiger charge is 2.37. The summed E-state index contributed by atoms with van der Waals surface area (Å²) in [5.41, 5.74) is -0.448. The van der Waals surface area contributed by atoms with Crippen LogP contribution in [-0.4, -0.2) is 74.1 Å². The van der Waals surface area contributed by atoms with E-state index in [2.05, 4.69) is 30.7 Å². The summed E-state index contributed by atoms with van der Waals surface area (Å²) in [6.45, 7) is 1.96. The third kappa shape index (κ3) is 5.17. The van der Waals surface area contributed by atoms with Crippen molar-refractivity contribution >= 4 is 22.9 Å². The number of alkyl halides is 3. The van der Waals surface area contributed by atoms with Crippen LogP contribution in [0.3, 0.4) is 0 Å². The van der Waals surface area contributed by atoms with Gasteiger partial charge < -0.3 is 20.3 Å². The molecule has 5 rings (SSSR count). The maximum atomic E-state index is 13.8. The zero-order chi connectivity index (χ0) is 25.3. The highest BCUT2D eigenvalue weighted by Crippen LogP contribution is 2.35. The first kappa shape index (κ1) is 24.2. The van der Waals surface area contributed by atoms with Gasteiger partial charge in [-0.3, -0.25) is 0 Å². The molecular weight excluding hydrogens is 484 g/mol. The lowest BCUT2D eigenvalue weighted by molar-refractivity contribution is -0.137. The Morgan fingerprint density at radius 3 is 2.64 bits per heavy atom. The molecule has 1 aliphatic carbocycles. The van der Waals surface area contributed by atoms with Gasteiger partial charge in [-0.1, -0.05) is 0 Å². The summed E-state index contributed by atoms with van der Waals surface area (Å²) < 4.78 is 61.4. The van der Waals surface area contributed by atoms with Crippen LogP contribution in [0, 0.1) is 5.82 Å². The van der Waals surface area contributed by atoms with Gasteiger partial charge in [0.2, 0.25) is 0 Å². The van der Waals surface area contributed by atoms with E-state index in [-0.39, 0.29) is 29.6 Å². The van der Waals surface area contributed by atoms with Crippen LogP contribution in [0.1, 0.15) is 31.2 Å². The molecule has 1 aliphatic heterocycles. The number of urea groups is 1. The van der Waals surface area contributed by atoms with Crippen molar-refractivity contribution in [2.75, 3.05) is 31.6 Å². The molecule has 1 saturated heterocycles. The Kier molecular flexibility index (Phi) is 6.60. The van der Waals surface area contributed by atoms with Crippen molar-refractivity contribution in [3.8, 4) is 5.95 Å². The monoisotopic (exact) mass is 508 g/mol. The molecule has 0 radical (unpaired) electrons. The summed E-state index contributed by atoms with van der Waals surface area (Å²) >= 11 is 0. The summed E-state index contributed by atoms with van der Waals surface area (Å²) in [4.78, 5) is 26.1. The summed E-state index contributed by atoms with van der Waals surface area (Å²) in [6, 6.07) is 0.417. The van der Waals surface area contributed by atoms with E-state index in [4.69, 9.17) is 4.74 Å². The number of carbonyl (C=O) groups excluding carboxylic acids is 1. The summed E-state index contributed by atoms with van der Waals surface area (Å²) in [5.74, 6) is -1.17. The van der Waals surface area contributed by atoms with Crippen molar-refractivity contribution in [2.24, 2.45) is 0 Å². The topological polar surface area (TPSA) is 110 Å². The Bertz CT molecular complexity index is 1240. The van der Waals surface area contributed by atoms with Crippen molar-refractivity contribution < 1.29 is 27.1 Å². The van der Waals surface area contributed by atoms with Gasteiger partial charge in [0.25, 0.3) is 5.95 Å². The number of aromatic nitrogens is 5. The molecular formula is C22H24F4N8O2. The molecule has 2 N–H and O–H groups in total. The number of halogens is 4. The predicted octanol–water partition coefficient (Wildman–Crippen LogP) is 3.13. The number of ether oxygens (including phenoxy) is 1. The fraction of sp³-hybridized carbons (Fsp3) is 0.500. The number of hydrogen-bond donors (Lipinski definition) is 2. The van der Waals surface area contributed by atoms with Gasteiger partial charge in [0.15, 0.2) is 0 Å². The van der Waals surface area contributed by atoms with Crippen molar-refractivity contribution in [1.82, 2.24) is 34.9 Å². The third-order valence-corrected chi connectivity index (χ3v) is 6.30. The molecule has 36 heavy (non-hydrogen) atoms. The number of pyridine rings is 1. The van der Waals surface area contributed by atoms with Crippen LogP contribution in [0.5, 0.6) is 0 Å². The van der Waals surface area contributed by atoms with Crippen LogP contribution in [-0.2, 0) is 10.9 Å². The molecule has 2 atom stereocenters. The average molecular weight is 508 g/mol. The number of anilines is 1. The third-order valence-electron chi connectivity index (χ3n) is 6.30. The lowest BCUT2D eigenvalue weighted by Gasteiger charge is -2.34. The minimum Gasteiger partial charge on any atom is -0.378 e. The quantitative estimate of drug-likeness (QED) is 0.521. The van der Waals surface area contributed by atoms with E-state index in [1.807, 2.05) is 0 Å². The molecule has 192 valence electrons. The average Bonchev–Trinajstić information content (AvgIpc) is 3.27. The van der Waals surface area contributed by atoms with E-state index < -0.39 is 23.4 Å². The number of fused-ring (bicyclic) bond motifs is 1. The van der Waals surface area contributed by atoms with Crippen LogP contribution in [0.25, 0.3) is 17.0 Å². The Hall–Kier alpha value is -3.55. The summed E-state index contributed by atoms with van der Waals surface area (Å²) in [7, 11) is 0. The lowest BCUT2D eigenvalue weighted by Crippen LogP contribution is -2.51. The molecule has 3 aromatic rings. The zero-order valence-corrected chi connectivity index (χ0v) is 19.1. The van der Waals surface area contributed by atoms with Gasteiger partial charge in [-0.2, -0.15) is 27.9 Å². The first-order valence-electron chi connectivity index (χ1n) is 11.6. The molecule has 1 saturated carbocycles. The Morgan fingerprint density at radius 2 is 1.86 bits per heavy atom. The number of morpholine rings is 1. The molecule has 3 aromatic heterocycles. The second-order valence-corrected chi connectivity index (χ2v) is 8.80. The highest BCUT2D eigenvalue weighted by atomic mass is 19.4. The molecule has 0 spiro atoms. The minimum absolute atomic E-state index is 0.152. The molecule has 2 fully saturated rings. The maximum absolute atomic E-state index is 13.8. The molecule has 10 nitrogen and oxygen atoms in total. The van der Waals surface area contributed by atoms with E-state index in [0.717, 1.165) is 29.8 Å². The number of amides is 2. The molecule has 0 bridgehead atoms. The Labute approximate surface area is 203 Å². The Morgan fingerprint density at radius 1 is 1.08 bits per heavy atom. The number of nitrogens with one attached hydrogen (secondary N) is 2. The van der Waals surface area contributed by atoms with Gasteiger partial charge >= 0.3 is 12.2 Å². The SMILES string of the molecule is O=C(N[C@@H]1CCC[C@H](Nc2nc(-n3ncc4ncc(F)cc43)ncc2C(F)(F)F)C1)N1CCOCC1. The number of carbonyl (C=O) groups is 1. The fourth-order valence-electron chi connectivity index (χ4n) is 4.51. The second-order valence-electron chi connectivity index (χ2n) is 8.80. The van der Waals surface area contributed by atoms with E-state index in [0.29, 0.717) is 50.9 Å². The van der Waals surface area contributed by atoms with Crippen LogP contribution in [0.4, 0.5) is 28.2 Å². The van der Waals surface area contributed by atoms with Crippen molar-refractivity contribution in [2.45, 2.75) is 43.9 Å². The van der Waals surface area contributed by atoms with Crippen LogP contribution in [0.15, 0.2) is 24.7 Å². The van der Waals surface area contributed by atoms with Crippen LogP contribution < -0.4 is 10.6 Å². The first-order chi connectivity index (χ1) is 17.3. The van der Waals surface area contributed by atoms with Gasteiger partial charge in [0.1, 0.15) is 22.7 Å². The van der Waals surface area contributed by atoms with Gasteiger partial charge in [-0.05, 0) is 25.7 Å². The first-order valence-corrected chi connectivity index (χ1v) is 11.6. The summed E-state index contributed by atoms with van der Waals surface area (Å²) in [6.07, 6.45) is 0.864. The second kappa shape index (κ2) is 9.84. The van der Waals surface area contributed by atoms with Gasteiger partial charge in [0, 0.05) is 37.4 Å². The van der Waals surface area contributed by atoms with E-state index >= 15 is 0 Å². The minimum atomic E-state index is -4.70. The van der Waals surface area contributed by atoms with Crippen molar-refractivity contribution in [3.63, 3.8) is 0 Å². The van der Waals surface area contributed by atoms with Gasteiger partial charge in [-0.25, -0.2) is 19.2 Å². The van der Waals surface area contributed by atoms with E-state index in [1.165, 1.54) is 6.20 Å². The molecule has 14 heteroatoms. The molecule has 0 unspecified atom stereocenters. The molecule has 2 aliphatic rings. The fourth-order valence-corrected chi connectivity index (χ4v) is 4.51. The predicted molar refractivity (Wildman–Crippen MR) is 120 cm³/mol. The maximum Gasteiger partial charge on any atom is 0.421 e. The van der Waals surface area contributed by atoms with Gasteiger partial charge in [-0.15, -0.1) is 0 Å². The van der Waals surface area contributed by atoms with Crippen molar-refractivity contribution in [1.29, 1.82) is 0 Å². The summed E-state index contributed by atoms with van der Waals surface area (Å²) in [5, 5.41) is 9.97. The normalized spacial score (nSPS) is 20.9. The molecule has 4 heterocycles. The number of rotatable bonds is 4. The molecule has 2 amide bonds. The van der Waals surface area contributed by atoms with Crippen LogP contribution in [0.2, 0.25) is 0 Å². The highest BCUT2D eigenvalue weighted by molar-refractivity contribution is 5.75. The standard InChI is InChI=1S/C22H24F4N8O2/c23-13-8-18-17(27-10-13)12-29-34(18)20-28-11-16(22(24,25)26)19(32-20)30-14-2-1-3-15(9-14)31-21(35)33-4-6-36-7-5-33/h8,10-12,14-15H,1-7,9H2,(H,31,35)(H,28,30,32)/t14-,15+/m0/s1. The molecule has 0 aromatic carbocycles. The largest absolute Gasteiger partial charge is 0.421 e. The Balaban J connectivity index is 1.36. The van der Waals surface area contributed by atoms with E-state index in [9.17, 15) is 22.4 Å². The van der Waals surface area contributed by atoms with Crippen LogP contribution >= 0.6 is 0 Å². The number of hydrogen-bond acceptors (Lipinski definition) is 7.